The van der Waals surface area contributed by atoms with Gasteiger partial charge in [0.25, 0.3) is 5.91 Å². The molecule has 0 aliphatic rings. The first-order valence-electron chi connectivity index (χ1n) is 12.4. The Hall–Kier alpha value is -3.05. The number of carbonyl (C=O) groups is 1. The Bertz CT molecular complexity index is 1360. The summed E-state index contributed by atoms with van der Waals surface area (Å²) < 4.78 is 7.45. The Balaban J connectivity index is 1.55. The molecule has 0 spiro atoms. The number of amides is 1. The number of thiophene rings is 1. The number of hydrogen-bond donors (Lipinski definition) is 2. The van der Waals surface area contributed by atoms with Gasteiger partial charge < -0.3 is 23.9 Å². The highest BCUT2D eigenvalue weighted by atomic mass is 32.1. The lowest BCUT2D eigenvalue weighted by molar-refractivity contribution is 0.0630. The summed E-state index contributed by atoms with van der Waals surface area (Å²) in [6.07, 6.45) is 2.76. The van der Waals surface area contributed by atoms with Crippen LogP contribution in [0.5, 0.6) is 0 Å². The Morgan fingerprint density at radius 3 is 2.65 bits per heavy atom. The van der Waals surface area contributed by atoms with E-state index < -0.39 is 5.60 Å². The highest BCUT2D eigenvalue weighted by Gasteiger charge is 2.22. The molecule has 0 aliphatic carbocycles. The number of nitrogens with zero attached hydrogens (tertiary/aromatic N) is 5. The molecule has 1 amide bonds. The van der Waals surface area contributed by atoms with Gasteiger partial charge in [-0.3, -0.25) is 10.1 Å². The number of fused-ring (bicyclic) bond motifs is 1. The lowest BCUT2D eigenvalue weighted by Gasteiger charge is -2.20. The minimum absolute atomic E-state index is 0.263. The topological polar surface area (TPSA) is 99.7 Å². The van der Waals surface area contributed by atoms with Gasteiger partial charge in [0.05, 0.1) is 39.1 Å². The maximum atomic E-state index is 13.1. The van der Waals surface area contributed by atoms with E-state index in [2.05, 4.69) is 53.4 Å². The van der Waals surface area contributed by atoms with Gasteiger partial charge in [-0.15, -0.1) is 11.3 Å². The molecule has 4 rings (SSSR count). The monoisotopic (exact) mass is 524 g/mol. The van der Waals surface area contributed by atoms with Crippen LogP contribution in [0.25, 0.3) is 21.7 Å². The molecule has 9 nitrogen and oxygen atoms in total. The van der Waals surface area contributed by atoms with E-state index in [0.29, 0.717) is 22.5 Å². The number of carbonyl (C=O) groups excluding carboxylic acids is 1. The van der Waals surface area contributed by atoms with Crippen LogP contribution in [0, 0.1) is 6.92 Å². The maximum absolute atomic E-state index is 13.1. The first kappa shape index (κ1) is 27.0. The first-order valence-corrected chi connectivity index (χ1v) is 13.2. The third-order valence-corrected chi connectivity index (χ3v) is 6.97. The standard InChI is InChI=1S/C27H36N6O3S/c1-18-28-15-22(36-18)23-10-11-24(37-23)25(34)30-26-29-20-14-19(16-32(6)13-7-12-31(4)5)8-9-21(20)33(26)17-27(2,3)35/h8-11,14-15,35H,7,12-13,16-17H2,1-6H3,(H,29,30,34). The molecule has 0 fully saturated rings. The molecular weight excluding hydrogens is 488 g/mol. The van der Waals surface area contributed by atoms with Crippen molar-refractivity contribution in [3.8, 4) is 10.6 Å². The van der Waals surface area contributed by atoms with Crippen molar-refractivity contribution in [3.05, 3.63) is 52.9 Å². The smallest absolute Gasteiger partial charge is 0.268 e. The number of aryl methyl sites for hydroxylation is 1. The van der Waals surface area contributed by atoms with Gasteiger partial charge in [0.15, 0.2) is 11.7 Å². The van der Waals surface area contributed by atoms with Crippen molar-refractivity contribution in [1.82, 2.24) is 24.3 Å². The number of benzene rings is 1. The van der Waals surface area contributed by atoms with E-state index in [1.54, 1.807) is 33.0 Å². The summed E-state index contributed by atoms with van der Waals surface area (Å²) in [6.45, 7) is 8.42. The molecule has 0 bridgehead atoms. The van der Waals surface area contributed by atoms with Crippen molar-refractivity contribution in [2.24, 2.45) is 0 Å². The average molecular weight is 525 g/mol. The Morgan fingerprint density at radius 2 is 1.97 bits per heavy atom. The quantitative estimate of drug-likeness (QED) is 0.299. The zero-order chi connectivity index (χ0) is 26.7. The summed E-state index contributed by atoms with van der Waals surface area (Å²) in [5.74, 6) is 1.36. The summed E-state index contributed by atoms with van der Waals surface area (Å²) in [4.78, 5) is 27.9. The van der Waals surface area contributed by atoms with Crippen LogP contribution < -0.4 is 5.32 Å². The van der Waals surface area contributed by atoms with Gasteiger partial charge in [0, 0.05) is 13.5 Å². The van der Waals surface area contributed by atoms with Crippen molar-refractivity contribution in [3.63, 3.8) is 0 Å². The molecule has 198 valence electrons. The number of rotatable bonds is 11. The van der Waals surface area contributed by atoms with Crippen molar-refractivity contribution in [2.75, 3.05) is 39.5 Å². The second kappa shape index (κ2) is 11.1. The highest BCUT2D eigenvalue weighted by Crippen LogP contribution is 2.30. The second-order valence-electron chi connectivity index (χ2n) is 10.4. The molecule has 4 aromatic rings. The fraction of sp³-hybridized carbons (Fsp3) is 0.444. The molecule has 0 unspecified atom stereocenters. The van der Waals surface area contributed by atoms with Crippen LogP contribution in [0.4, 0.5) is 5.95 Å². The Kier molecular flexibility index (Phi) is 8.13. The van der Waals surface area contributed by atoms with Crippen molar-refractivity contribution in [2.45, 2.75) is 45.9 Å². The van der Waals surface area contributed by atoms with Crippen LogP contribution in [0.2, 0.25) is 0 Å². The molecule has 0 saturated heterocycles. The fourth-order valence-electron chi connectivity index (χ4n) is 4.19. The number of aromatic nitrogens is 3. The summed E-state index contributed by atoms with van der Waals surface area (Å²) in [5, 5.41) is 13.5. The molecule has 2 N–H and O–H groups in total. The molecular formula is C27H36N6O3S. The maximum Gasteiger partial charge on any atom is 0.268 e. The van der Waals surface area contributed by atoms with Crippen LogP contribution in [0.3, 0.4) is 0 Å². The predicted molar refractivity (Wildman–Crippen MR) is 148 cm³/mol. The summed E-state index contributed by atoms with van der Waals surface area (Å²) in [7, 11) is 6.29. The number of aliphatic hydroxyl groups is 1. The summed E-state index contributed by atoms with van der Waals surface area (Å²) in [5.41, 5.74) is 1.80. The van der Waals surface area contributed by atoms with E-state index in [-0.39, 0.29) is 12.5 Å². The number of hydrogen-bond acceptors (Lipinski definition) is 8. The number of oxazole rings is 1. The van der Waals surface area contributed by atoms with E-state index in [9.17, 15) is 9.90 Å². The van der Waals surface area contributed by atoms with Gasteiger partial charge in [0.1, 0.15) is 0 Å². The van der Waals surface area contributed by atoms with Gasteiger partial charge in [-0.1, -0.05) is 6.07 Å². The van der Waals surface area contributed by atoms with Crippen LogP contribution >= 0.6 is 11.3 Å². The summed E-state index contributed by atoms with van der Waals surface area (Å²) in [6, 6.07) is 9.77. The normalized spacial score (nSPS) is 12.2. The van der Waals surface area contributed by atoms with Crippen LogP contribution in [-0.4, -0.2) is 75.2 Å². The zero-order valence-corrected chi connectivity index (χ0v) is 23.2. The summed E-state index contributed by atoms with van der Waals surface area (Å²) >= 11 is 1.33. The van der Waals surface area contributed by atoms with Gasteiger partial charge in [-0.2, -0.15) is 0 Å². The number of imidazole rings is 1. The van der Waals surface area contributed by atoms with E-state index in [0.717, 1.165) is 47.5 Å². The molecule has 0 aliphatic heterocycles. The predicted octanol–water partition coefficient (Wildman–Crippen LogP) is 4.47. The van der Waals surface area contributed by atoms with Crippen LogP contribution in [0.1, 0.15) is 41.4 Å². The lowest BCUT2D eigenvalue weighted by atomic mass is 10.1. The van der Waals surface area contributed by atoms with E-state index >= 15 is 0 Å². The van der Waals surface area contributed by atoms with Crippen molar-refractivity contribution in [1.29, 1.82) is 0 Å². The average Bonchev–Trinajstić information content (AvgIpc) is 3.52. The molecule has 3 aromatic heterocycles. The van der Waals surface area contributed by atoms with E-state index in [1.807, 2.05) is 16.7 Å². The van der Waals surface area contributed by atoms with Gasteiger partial charge in [-0.05, 0) is 84.3 Å². The Morgan fingerprint density at radius 1 is 1.19 bits per heavy atom. The molecule has 37 heavy (non-hydrogen) atoms. The molecule has 0 atom stereocenters. The highest BCUT2D eigenvalue weighted by molar-refractivity contribution is 7.17. The largest absolute Gasteiger partial charge is 0.440 e. The second-order valence-corrected chi connectivity index (χ2v) is 11.5. The molecule has 3 heterocycles. The molecule has 0 radical (unpaired) electrons. The zero-order valence-electron chi connectivity index (χ0n) is 22.4. The minimum Gasteiger partial charge on any atom is -0.440 e. The van der Waals surface area contributed by atoms with Crippen LogP contribution in [0.15, 0.2) is 40.9 Å². The lowest BCUT2D eigenvalue weighted by Crippen LogP contribution is -2.27. The van der Waals surface area contributed by atoms with E-state index in [1.165, 1.54) is 11.3 Å². The molecule has 10 heteroatoms. The first-order chi connectivity index (χ1) is 17.5. The van der Waals surface area contributed by atoms with E-state index in [4.69, 9.17) is 9.40 Å². The molecule has 1 aromatic carbocycles. The Labute approximate surface area is 221 Å². The SMILES string of the molecule is Cc1ncc(-c2ccc(C(=O)Nc3nc4cc(CN(C)CCCN(C)C)ccc4n3CC(C)(C)O)s2)o1. The van der Waals surface area contributed by atoms with Gasteiger partial charge >= 0.3 is 0 Å². The molecule has 0 saturated carbocycles. The van der Waals surface area contributed by atoms with Crippen molar-refractivity contribution < 1.29 is 14.3 Å². The third-order valence-electron chi connectivity index (χ3n) is 5.87. The van der Waals surface area contributed by atoms with Crippen LogP contribution in [-0.2, 0) is 13.1 Å². The minimum atomic E-state index is -0.987. The van der Waals surface area contributed by atoms with Gasteiger partial charge in [-0.25, -0.2) is 9.97 Å². The van der Waals surface area contributed by atoms with Crippen molar-refractivity contribution >= 4 is 34.2 Å². The van der Waals surface area contributed by atoms with Gasteiger partial charge in [0.2, 0.25) is 5.95 Å². The number of anilines is 1. The fourth-order valence-corrected chi connectivity index (χ4v) is 5.04. The third kappa shape index (κ3) is 7.04. The number of nitrogens with one attached hydrogen (secondary N) is 1.